The number of hydrogen-bond acceptors (Lipinski definition) is 5. The van der Waals surface area contributed by atoms with Gasteiger partial charge in [-0.05, 0) is 56.7 Å². The van der Waals surface area contributed by atoms with Crippen LogP contribution in [0.1, 0.15) is 44.0 Å². The van der Waals surface area contributed by atoms with E-state index in [1.807, 2.05) is 6.92 Å². The molecule has 0 aliphatic carbocycles. The molecule has 0 spiro atoms. The number of esters is 1. The summed E-state index contributed by atoms with van der Waals surface area (Å²) in [6.07, 6.45) is 0.954. The fourth-order valence-corrected chi connectivity index (χ4v) is 2.63. The first-order chi connectivity index (χ1) is 13.9. The highest BCUT2D eigenvalue weighted by Gasteiger charge is 2.20. The first-order valence-electron chi connectivity index (χ1n) is 9.61. The molecule has 0 saturated heterocycles. The topological polar surface area (TPSA) is 73.9 Å². The number of unbranched alkanes of at least 4 members (excludes halogenated alkanes) is 1. The summed E-state index contributed by atoms with van der Waals surface area (Å²) in [5.74, 6) is -0.0392. The second kappa shape index (κ2) is 11.3. The molecule has 7 heteroatoms. The number of anilines is 1. The lowest BCUT2D eigenvalue weighted by molar-refractivity contribution is -0.123. The van der Waals surface area contributed by atoms with Crippen LogP contribution in [0.5, 0.6) is 11.5 Å². The van der Waals surface area contributed by atoms with E-state index in [0.717, 1.165) is 12.8 Å². The van der Waals surface area contributed by atoms with Crippen molar-refractivity contribution in [2.45, 2.75) is 39.7 Å². The standard InChI is InChI=1S/C22H26ClNO5/c1-4-6-12-28-19-11-10-16(13-20(19)27-5-2)22(26)29-15(3)21(25)24-18-9-7-8-17(23)14-18/h7-11,13-15H,4-6,12H2,1-3H3,(H,24,25)/t15-/m0/s1. The summed E-state index contributed by atoms with van der Waals surface area (Å²) in [7, 11) is 0. The van der Waals surface area contributed by atoms with E-state index in [4.69, 9.17) is 25.8 Å². The fourth-order valence-electron chi connectivity index (χ4n) is 2.44. The molecular weight excluding hydrogens is 394 g/mol. The molecule has 2 rings (SSSR count). The van der Waals surface area contributed by atoms with Crippen molar-refractivity contribution in [3.05, 3.63) is 53.1 Å². The molecule has 0 heterocycles. The normalized spacial score (nSPS) is 11.4. The van der Waals surface area contributed by atoms with Crippen molar-refractivity contribution in [2.75, 3.05) is 18.5 Å². The highest BCUT2D eigenvalue weighted by Crippen LogP contribution is 2.29. The lowest BCUT2D eigenvalue weighted by atomic mass is 10.2. The lowest BCUT2D eigenvalue weighted by Crippen LogP contribution is -2.30. The number of ether oxygens (including phenoxy) is 3. The van der Waals surface area contributed by atoms with E-state index in [9.17, 15) is 9.59 Å². The second-order valence-electron chi connectivity index (χ2n) is 6.34. The van der Waals surface area contributed by atoms with Gasteiger partial charge in [-0.1, -0.05) is 31.0 Å². The predicted octanol–water partition coefficient (Wildman–Crippen LogP) is 5.10. The summed E-state index contributed by atoms with van der Waals surface area (Å²) in [6.45, 7) is 6.43. The average molecular weight is 420 g/mol. The van der Waals surface area contributed by atoms with Crippen LogP contribution >= 0.6 is 11.6 Å². The Morgan fingerprint density at radius 3 is 2.55 bits per heavy atom. The molecule has 0 unspecified atom stereocenters. The molecule has 0 aliphatic heterocycles. The Morgan fingerprint density at radius 1 is 1.07 bits per heavy atom. The zero-order valence-corrected chi connectivity index (χ0v) is 17.6. The number of amides is 1. The Balaban J connectivity index is 2.02. The van der Waals surface area contributed by atoms with Gasteiger partial charge in [0.05, 0.1) is 18.8 Å². The van der Waals surface area contributed by atoms with Gasteiger partial charge in [0.2, 0.25) is 0 Å². The van der Waals surface area contributed by atoms with Crippen LogP contribution in [0.3, 0.4) is 0 Å². The molecule has 0 saturated carbocycles. The summed E-state index contributed by atoms with van der Waals surface area (Å²) in [4.78, 5) is 24.8. The Morgan fingerprint density at radius 2 is 1.86 bits per heavy atom. The summed E-state index contributed by atoms with van der Waals surface area (Å²) >= 11 is 5.91. The van der Waals surface area contributed by atoms with Crippen LogP contribution in [0.4, 0.5) is 5.69 Å². The third-order valence-corrected chi connectivity index (χ3v) is 4.22. The Hall–Kier alpha value is -2.73. The van der Waals surface area contributed by atoms with E-state index < -0.39 is 18.0 Å². The van der Waals surface area contributed by atoms with Crippen molar-refractivity contribution in [3.8, 4) is 11.5 Å². The molecule has 2 aromatic carbocycles. The zero-order chi connectivity index (χ0) is 21.2. The van der Waals surface area contributed by atoms with Gasteiger partial charge in [0.25, 0.3) is 5.91 Å². The monoisotopic (exact) mass is 419 g/mol. The van der Waals surface area contributed by atoms with Crippen LogP contribution in [-0.4, -0.2) is 31.2 Å². The first-order valence-corrected chi connectivity index (χ1v) is 9.99. The molecule has 29 heavy (non-hydrogen) atoms. The highest BCUT2D eigenvalue weighted by atomic mass is 35.5. The summed E-state index contributed by atoms with van der Waals surface area (Å²) in [5, 5.41) is 3.16. The molecule has 156 valence electrons. The van der Waals surface area contributed by atoms with Gasteiger partial charge in [-0.25, -0.2) is 4.79 Å². The maximum atomic E-state index is 12.5. The molecule has 0 aromatic heterocycles. The molecule has 0 radical (unpaired) electrons. The van der Waals surface area contributed by atoms with E-state index in [2.05, 4.69) is 12.2 Å². The van der Waals surface area contributed by atoms with Gasteiger partial charge in [-0.15, -0.1) is 0 Å². The minimum Gasteiger partial charge on any atom is -0.490 e. The number of benzene rings is 2. The second-order valence-corrected chi connectivity index (χ2v) is 6.78. The lowest BCUT2D eigenvalue weighted by Gasteiger charge is -2.15. The van der Waals surface area contributed by atoms with Crippen LogP contribution < -0.4 is 14.8 Å². The molecule has 0 aliphatic rings. The van der Waals surface area contributed by atoms with Gasteiger partial charge in [0, 0.05) is 10.7 Å². The van der Waals surface area contributed by atoms with Crippen LogP contribution in [0, 0.1) is 0 Å². The third kappa shape index (κ3) is 6.98. The van der Waals surface area contributed by atoms with Gasteiger partial charge in [0.15, 0.2) is 17.6 Å². The first kappa shape index (κ1) is 22.6. The molecule has 0 fully saturated rings. The molecule has 6 nitrogen and oxygen atoms in total. The van der Waals surface area contributed by atoms with Crippen molar-refractivity contribution in [1.82, 2.24) is 0 Å². The van der Waals surface area contributed by atoms with Crippen molar-refractivity contribution in [1.29, 1.82) is 0 Å². The SMILES string of the molecule is CCCCOc1ccc(C(=O)O[C@@H](C)C(=O)Nc2cccc(Cl)c2)cc1OCC. The third-order valence-electron chi connectivity index (χ3n) is 3.98. The van der Waals surface area contributed by atoms with E-state index in [-0.39, 0.29) is 5.56 Å². The number of hydrogen-bond donors (Lipinski definition) is 1. The van der Waals surface area contributed by atoms with Crippen molar-refractivity contribution >= 4 is 29.2 Å². The van der Waals surface area contributed by atoms with Crippen molar-refractivity contribution in [2.24, 2.45) is 0 Å². The van der Waals surface area contributed by atoms with E-state index in [1.54, 1.807) is 42.5 Å². The smallest absolute Gasteiger partial charge is 0.339 e. The van der Waals surface area contributed by atoms with E-state index >= 15 is 0 Å². The Bertz CT molecular complexity index is 840. The summed E-state index contributed by atoms with van der Waals surface area (Å²) in [6, 6.07) is 11.6. The van der Waals surface area contributed by atoms with Gasteiger partial charge >= 0.3 is 5.97 Å². The highest BCUT2D eigenvalue weighted by molar-refractivity contribution is 6.30. The van der Waals surface area contributed by atoms with Crippen LogP contribution in [0.2, 0.25) is 5.02 Å². The van der Waals surface area contributed by atoms with Gasteiger partial charge < -0.3 is 19.5 Å². The van der Waals surface area contributed by atoms with Crippen molar-refractivity contribution in [3.63, 3.8) is 0 Å². The maximum absolute atomic E-state index is 12.5. The molecule has 1 atom stereocenters. The maximum Gasteiger partial charge on any atom is 0.339 e. The number of carbonyl (C=O) groups excluding carboxylic acids is 2. The quantitative estimate of drug-likeness (QED) is 0.428. The average Bonchev–Trinajstić information content (AvgIpc) is 2.69. The van der Waals surface area contributed by atoms with Crippen molar-refractivity contribution < 1.29 is 23.8 Å². The Labute approximate surface area is 176 Å². The van der Waals surface area contributed by atoms with Crippen LogP contribution in [0.25, 0.3) is 0 Å². The van der Waals surface area contributed by atoms with Crippen LogP contribution in [0.15, 0.2) is 42.5 Å². The number of carbonyl (C=O) groups is 2. The largest absolute Gasteiger partial charge is 0.490 e. The molecule has 1 amide bonds. The number of rotatable bonds is 10. The van der Waals surface area contributed by atoms with Gasteiger partial charge in [-0.2, -0.15) is 0 Å². The molecule has 2 aromatic rings. The summed E-state index contributed by atoms with van der Waals surface area (Å²) < 4.78 is 16.6. The zero-order valence-electron chi connectivity index (χ0n) is 16.9. The number of halogens is 1. The molecule has 1 N–H and O–H groups in total. The minimum absolute atomic E-state index is 0.277. The molecule has 0 bridgehead atoms. The fraction of sp³-hybridized carbons (Fsp3) is 0.364. The summed E-state index contributed by atoms with van der Waals surface area (Å²) in [5.41, 5.74) is 0.802. The van der Waals surface area contributed by atoms with E-state index in [0.29, 0.717) is 35.4 Å². The van der Waals surface area contributed by atoms with Gasteiger partial charge in [-0.3, -0.25) is 4.79 Å². The number of nitrogens with one attached hydrogen (secondary N) is 1. The minimum atomic E-state index is -0.988. The van der Waals surface area contributed by atoms with Crippen LogP contribution in [-0.2, 0) is 9.53 Å². The van der Waals surface area contributed by atoms with Gasteiger partial charge in [0.1, 0.15) is 0 Å². The Kier molecular flexibility index (Phi) is 8.80. The predicted molar refractivity (Wildman–Crippen MR) is 113 cm³/mol. The van der Waals surface area contributed by atoms with E-state index in [1.165, 1.54) is 6.92 Å². The molecular formula is C22H26ClNO5.